The molecule has 216 valence electrons. The highest BCUT2D eigenvalue weighted by atomic mass is 15.1. The molecule has 0 atom stereocenters. The van der Waals surface area contributed by atoms with Crippen LogP contribution < -0.4 is 0 Å². The van der Waals surface area contributed by atoms with Crippen molar-refractivity contribution in [1.29, 1.82) is 0 Å². The highest BCUT2D eigenvalue weighted by Crippen LogP contribution is 2.49. The van der Waals surface area contributed by atoms with E-state index in [-0.39, 0.29) is 0 Å². The summed E-state index contributed by atoms with van der Waals surface area (Å²) in [5.74, 6) is 0.921. The lowest BCUT2D eigenvalue weighted by molar-refractivity contribution is 1.09. The minimum Gasteiger partial charge on any atom is -0.293 e. The molecule has 0 spiro atoms. The molecule has 0 fully saturated rings. The van der Waals surface area contributed by atoms with Crippen LogP contribution in [0.4, 0.5) is 0 Å². The van der Waals surface area contributed by atoms with Crippen molar-refractivity contribution in [2.45, 2.75) is 0 Å². The molecule has 0 amide bonds. The van der Waals surface area contributed by atoms with Gasteiger partial charge in [0.2, 0.25) is 0 Å². The van der Waals surface area contributed by atoms with Gasteiger partial charge in [0.25, 0.3) is 0 Å². The van der Waals surface area contributed by atoms with Crippen LogP contribution in [0.1, 0.15) is 0 Å². The Labute approximate surface area is 270 Å². The van der Waals surface area contributed by atoms with Crippen molar-refractivity contribution in [2.24, 2.45) is 0 Å². The summed E-state index contributed by atoms with van der Waals surface area (Å²) in [6, 6.07) is 57.5. The average Bonchev–Trinajstić information content (AvgIpc) is 3.66. The Morgan fingerprint density at radius 1 is 0.383 bits per heavy atom. The van der Waals surface area contributed by atoms with Crippen molar-refractivity contribution in [3.05, 3.63) is 158 Å². The zero-order valence-corrected chi connectivity index (χ0v) is 25.4. The summed E-state index contributed by atoms with van der Waals surface area (Å²) in [5, 5.41) is 12.7. The lowest BCUT2D eigenvalue weighted by atomic mass is 9.93. The van der Waals surface area contributed by atoms with E-state index in [1.54, 1.807) is 0 Å². The van der Waals surface area contributed by atoms with Gasteiger partial charge in [0.05, 0.1) is 16.7 Å². The van der Waals surface area contributed by atoms with Crippen molar-refractivity contribution in [3.63, 3.8) is 0 Å². The second-order valence-corrected chi connectivity index (χ2v) is 12.7. The van der Waals surface area contributed by atoms with Crippen LogP contribution in [-0.4, -0.2) is 9.55 Å². The van der Waals surface area contributed by atoms with Gasteiger partial charge in [-0.15, -0.1) is 0 Å². The molecule has 2 nitrogen and oxygen atoms in total. The zero-order valence-electron chi connectivity index (χ0n) is 25.4. The van der Waals surface area contributed by atoms with Gasteiger partial charge < -0.3 is 0 Å². The van der Waals surface area contributed by atoms with Crippen LogP contribution in [-0.2, 0) is 0 Å². The number of hydrogen-bond acceptors (Lipinski definition) is 1. The topological polar surface area (TPSA) is 17.8 Å². The van der Waals surface area contributed by atoms with E-state index in [0.29, 0.717) is 0 Å². The Hall–Kier alpha value is -6.25. The molecule has 11 rings (SSSR count). The standard InChI is InChI=1S/C45H26N2/c1-2-13-30-27(11-1)23-24-37-43(30)34-16-5-6-17-35(34)45-44(37)36-18-7-8-21-40(36)47(45)41-22-10-20-39(46-41)29-25-28-12-9-19-33-31-14-3-4-15-32(31)38(26-29)42(28)33/h1-26H. The monoisotopic (exact) mass is 594 g/mol. The third-order valence-electron chi connectivity index (χ3n) is 10.3. The van der Waals surface area contributed by atoms with Crippen LogP contribution in [0.2, 0.25) is 0 Å². The Bertz CT molecular complexity index is 2960. The summed E-state index contributed by atoms with van der Waals surface area (Å²) < 4.78 is 2.39. The van der Waals surface area contributed by atoms with Gasteiger partial charge in [-0.05, 0) is 90.3 Å². The second-order valence-electron chi connectivity index (χ2n) is 12.7. The third-order valence-corrected chi connectivity index (χ3v) is 10.3. The van der Waals surface area contributed by atoms with E-state index < -0.39 is 0 Å². The van der Waals surface area contributed by atoms with E-state index in [9.17, 15) is 0 Å². The van der Waals surface area contributed by atoms with Crippen LogP contribution in [0.15, 0.2) is 158 Å². The van der Waals surface area contributed by atoms with Crippen LogP contribution in [0.5, 0.6) is 0 Å². The lowest BCUT2D eigenvalue weighted by Crippen LogP contribution is -1.99. The smallest absolute Gasteiger partial charge is 0.138 e. The molecule has 2 aromatic heterocycles. The minimum atomic E-state index is 0.921. The van der Waals surface area contributed by atoms with Gasteiger partial charge in [-0.25, -0.2) is 4.98 Å². The molecule has 0 unspecified atom stereocenters. The molecule has 8 aromatic carbocycles. The molecule has 2 heterocycles. The van der Waals surface area contributed by atoms with Gasteiger partial charge in [-0.2, -0.15) is 0 Å². The molecule has 2 heteroatoms. The fourth-order valence-electron chi connectivity index (χ4n) is 8.36. The normalized spacial score (nSPS) is 12.3. The molecule has 1 aliphatic carbocycles. The van der Waals surface area contributed by atoms with E-state index in [1.807, 2.05) is 0 Å². The summed E-state index contributed by atoms with van der Waals surface area (Å²) in [6.07, 6.45) is 0. The van der Waals surface area contributed by atoms with E-state index in [4.69, 9.17) is 4.98 Å². The first-order valence-corrected chi connectivity index (χ1v) is 16.2. The van der Waals surface area contributed by atoms with Gasteiger partial charge in [0.15, 0.2) is 0 Å². The first-order valence-electron chi connectivity index (χ1n) is 16.2. The number of fused-ring (bicyclic) bond motifs is 13. The zero-order chi connectivity index (χ0) is 30.6. The summed E-state index contributed by atoms with van der Waals surface area (Å²) in [7, 11) is 0. The number of benzene rings is 8. The SMILES string of the molecule is c1cc(-c2cc3c4c(cccc4c2)-c2ccccc2-3)nc(-n2c3ccccc3c3c4ccc5ccccc5c4c4ccccc4c32)c1. The summed E-state index contributed by atoms with van der Waals surface area (Å²) in [6.45, 7) is 0. The van der Waals surface area contributed by atoms with Crippen molar-refractivity contribution in [3.8, 4) is 39.3 Å². The van der Waals surface area contributed by atoms with E-state index in [1.165, 1.54) is 81.6 Å². The molecule has 1 aliphatic rings. The molecule has 0 saturated heterocycles. The molecule has 0 N–H and O–H groups in total. The fraction of sp³-hybridized carbons (Fsp3) is 0. The summed E-state index contributed by atoms with van der Waals surface area (Å²) >= 11 is 0. The summed E-state index contributed by atoms with van der Waals surface area (Å²) in [5.41, 5.74) is 9.67. The predicted molar refractivity (Wildman–Crippen MR) is 198 cm³/mol. The molecule has 0 bridgehead atoms. The first kappa shape index (κ1) is 25.0. The van der Waals surface area contributed by atoms with Gasteiger partial charge in [-0.3, -0.25) is 4.57 Å². The summed E-state index contributed by atoms with van der Waals surface area (Å²) in [4.78, 5) is 5.44. The van der Waals surface area contributed by atoms with Gasteiger partial charge in [0, 0.05) is 21.7 Å². The number of pyridine rings is 1. The second kappa shape index (κ2) is 9.15. The van der Waals surface area contributed by atoms with Crippen molar-refractivity contribution in [1.82, 2.24) is 9.55 Å². The molecular weight excluding hydrogens is 569 g/mol. The average molecular weight is 595 g/mol. The molecule has 0 saturated carbocycles. The Balaban J connectivity index is 1.23. The molecule has 0 radical (unpaired) electrons. The number of hydrogen-bond donors (Lipinski definition) is 0. The minimum absolute atomic E-state index is 0.921. The largest absolute Gasteiger partial charge is 0.293 e. The highest BCUT2D eigenvalue weighted by Gasteiger charge is 2.23. The number of aromatic nitrogens is 2. The predicted octanol–water partition coefficient (Wildman–Crippen LogP) is 12.1. The molecule has 47 heavy (non-hydrogen) atoms. The van der Waals surface area contributed by atoms with E-state index >= 15 is 0 Å². The quantitative estimate of drug-likeness (QED) is 0.182. The van der Waals surface area contributed by atoms with Crippen LogP contribution in [0, 0.1) is 0 Å². The number of para-hydroxylation sites is 1. The van der Waals surface area contributed by atoms with Gasteiger partial charge in [0.1, 0.15) is 5.82 Å². The van der Waals surface area contributed by atoms with Crippen LogP contribution >= 0.6 is 0 Å². The molecule has 10 aromatic rings. The van der Waals surface area contributed by atoms with E-state index in [0.717, 1.165) is 22.6 Å². The van der Waals surface area contributed by atoms with E-state index in [2.05, 4.69) is 162 Å². The lowest BCUT2D eigenvalue weighted by Gasteiger charge is -2.14. The van der Waals surface area contributed by atoms with Crippen molar-refractivity contribution >= 4 is 64.9 Å². The molecule has 0 aliphatic heterocycles. The third kappa shape index (κ3) is 3.31. The Kier molecular flexibility index (Phi) is 4.87. The van der Waals surface area contributed by atoms with Gasteiger partial charge in [-0.1, -0.05) is 127 Å². The van der Waals surface area contributed by atoms with Crippen LogP contribution in [0.3, 0.4) is 0 Å². The fourth-order valence-corrected chi connectivity index (χ4v) is 8.36. The van der Waals surface area contributed by atoms with Crippen molar-refractivity contribution < 1.29 is 0 Å². The number of nitrogens with zero attached hydrogens (tertiary/aromatic N) is 2. The van der Waals surface area contributed by atoms with Crippen molar-refractivity contribution in [2.75, 3.05) is 0 Å². The highest BCUT2D eigenvalue weighted by molar-refractivity contribution is 6.36. The number of rotatable bonds is 2. The molecular formula is C45H26N2. The Morgan fingerprint density at radius 2 is 1.06 bits per heavy atom. The Morgan fingerprint density at radius 3 is 1.96 bits per heavy atom. The maximum Gasteiger partial charge on any atom is 0.138 e. The first-order chi connectivity index (χ1) is 23.3. The van der Waals surface area contributed by atoms with Crippen LogP contribution in [0.25, 0.3) is 104 Å². The maximum atomic E-state index is 5.44. The maximum absolute atomic E-state index is 5.44. The van der Waals surface area contributed by atoms with Gasteiger partial charge >= 0.3 is 0 Å².